The average molecular weight is 267 g/mol. The summed E-state index contributed by atoms with van der Waals surface area (Å²) in [7, 11) is 0. The minimum Gasteiger partial charge on any atom is -0.480 e. The molecule has 7 nitrogen and oxygen atoms in total. The van der Waals surface area contributed by atoms with Crippen LogP contribution in [0.3, 0.4) is 0 Å². The van der Waals surface area contributed by atoms with Gasteiger partial charge in [-0.1, -0.05) is 5.16 Å². The Morgan fingerprint density at radius 2 is 2.42 bits per heavy atom. The third-order valence-corrected chi connectivity index (χ3v) is 3.17. The van der Waals surface area contributed by atoms with Crippen molar-refractivity contribution in [3.05, 3.63) is 11.8 Å². The van der Waals surface area contributed by atoms with Gasteiger partial charge in [-0.3, -0.25) is 14.5 Å². The number of aryl methyl sites for hydroxylation is 1. The molecule has 1 amide bonds. The molecular formula is C12H17N3O4. The van der Waals surface area contributed by atoms with E-state index < -0.39 is 12.0 Å². The van der Waals surface area contributed by atoms with Crippen molar-refractivity contribution in [3.8, 4) is 0 Å². The Morgan fingerprint density at radius 3 is 3.05 bits per heavy atom. The summed E-state index contributed by atoms with van der Waals surface area (Å²) in [5.74, 6) is 0.00821. The van der Waals surface area contributed by atoms with Crippen LogP contribution in [0.15, 0.2) is 10.6 Å². The Morgan fingerprint density at radius 1 is 1.63 bits per heavy atom. The van der Waals surface area contributed by atoms with E-state index in [0.717, 1.165) is 13.0 Å². The number of aliphatic carboxylic acids is 1. The minimum absolute atomic E-state index is 0.190. The quantitative estimate of drug-likeness (QED) is 0.821. The number of nitrogens with one attached hydrogen (secondary N) is 1. The maximum Gasteiger partial charge on any atom is 0.320 e. The Kier molecular flexibility index (Phi) is 4.16. The maximum atomic E-state index is 11.7. The van der Waals surface area contributed by atoms with Crippen molar-refractivity contribution in [3.63, 3.8) is 0 Å². The molecule has 0 saturated carbocycles. The van der Waals surface area contributed by atoms with Crippen LogP contribution in [0.1, 0.15) is 25.0 Å². The Bertz CT molecular complexity index is 471. The molecule has 19 heavy (non-hydrogen) atoms. The molecule has 0 spiro atoms. The minimum atomic E-state index is -0.815. The fourth-order valence-corrected chi connectivity index (χ4v) is 2.25. The third kappa shape index (κ3) is 3.54. The molecule has 1 aliphatic heterocycles. The lowest BCUT2D eigenvalue weighted by Gasteiger charge is -2.20. The van der Waals surface area contributed by atoms with Crippen LogP contribution in [-0.4, -0.2) is 46.2 Å². The van der Waals surface area contributed by atoms with E-state index in [4.69, 9.17) is 9.63 Å². The number of aromatic nitrogens is 1. The number of nitrogens with zero attached hydrogens (tertiary/aromatic N) is 2. The van der Waals surface area contributed by atoms with Crippen LogP contribution < -0.4 is 5.32 Å². The maximum absolute atomic E-state index is 11.7. The van der Waals surface area contributed by atoms with Gasteiger partial charge in [-0.2, -0.15) is 0 Å². The summed E-state index contributed by atoms with van der Waals surface area (Å²) in [6.07, 6.45) is 1.76. The molecule has 0 bridgehead atoms. The van der Waals surface area contributed by atoms with Gasteiger partial charge in [0.25, 0.3) is 0 Å². The van der Waals surface area contributed by atoms with E-state index >= 15 is 0 Å². The van der Waals surface area contributed by atoms with Gasteiger partial charge in [-0.05, 0) is 26.3 Å². The number of likely N-dealkylation sites (tertiary alicyclic amines) is 1. The monoisotopic (exact) mass is 267 g/mol. The number of carbonyl (C=O) groups is 2. The SMILES string of the molecule is Cc1cc(NC(=O)CCN2CCC[C@H]2C(=O)O)no1. The number of carboxylic acids is 1. The van der Waals surface area contributed by atoms with E-state index in [1.807, 2.05) is 4.90 Å². The summed E-state index contributed by atoms with van der Waals surface area (Å²) in [4.78, 5) is 24.5. The smallest absolute Gasteiger partial charge is 0.320 e. The van der Waals surface area contributed by atoms with Gasteiger partial charge in [0, 0.05) is 19.0 Å². The molecule has 2 N–H and O–H groups in total. The summed E-state index contributed by atoms with van der Waals surface area (Å²) >= 11 is 0. The summed E-state index contributed by atoms with van der Waals surface area (Å²) in [6.45, 7) is 2.91. The standard InChI is InChI=1S/C12H17N3O4/c1-8-7-10(14-19-8)13-11(16)4-6-15-5-2-3-9(15)12(17)18/h7,9H,2-6H2,1H3,(H,17,18)(H,13,14,16)/t9-/m0/s1. The fraction of sp³-hybridized carbons (Fsp3) is 0.583. The number of hydrogen-bond donors (Lipinski definition) is 2. The first-order valence-electron chi connectivity index (χ1n) is 6.26. The van der Waals surface area contributed by atoms with Crippen molar-refractivity contribution < 1.29 is 19.2 Å². The van der Waals surface area contributed by atoms with Crippen molar-refractivity contribution in [1.82, 2.24) is 10.1 Å². The van der Waals surface area contributed by atoms with E-state index in [1.165, 1.54) is 0 Å². The van der Waals surface area contributed by atoms with Gasteiger partial charge in [-0.25, -0.2) is 0 Å². The predicted molar refractivity (Wildman–Crippen MR) is 66.7 cm³/mol. The van der Waals surface area contributed by atoms with Crippen LogP contribution in [0.5, 0.6) is 0 Å². The Hall–Kier alpha value is -1.89. The van der Waals surface area contributed by atoms with Gasteiger partial charge in [0.15, 0.2) is 5.82 Å². The molecular weight excluding hydrogens is 250 g/mol. The van der Waals surface area contributed by atoms with E-state index in [-0.39, 0.29) is 12.3 Å². The second-order valence-electron chi connectivity index (χ2n) is 4.65. The first-order valence-corrected chi connectivity index (χ1v) is 6.26. The number of rotatable bonds is 5. The lowest BCUT2D eigenvalue weighted by Crippen LogP contribution is -2.37. The zero-order valence-electron chi connectivity index (χ0n) is 10.8. The van der Waals surface area contributed by atoms with Gasteiger partial charge < -0.3 is 14.9 Å². The van der Waals surface area contributed by atoms with Crippen LogP contribution in [0.4, 0.5) is 5.82 Å². The van der Waals surface area contributed by atoms with E-state index in [2.05, 4.69) is 10.5 Å². The highest BCUT2D eigenvalue weighted by molar-refractivity contribution is 5.89. The van der Waals surface area contributed by atoms with Gasteiger partial charge in [0.1, 0.15) is 11.8 Å². The molecule has 1 saturated heterocycles. The van der Waals surface area contributed by atoms with E-state index in [9.17, 15) is 9.59 Å². The lowest BCUT2D eigenvalue weighted by molar-refractivity contribution is -0.142. The van der Waals surface area contributed by atoms with Crippen molar-refractivity contribution >= 4 is 17.7 Å². The molecule has 0 aromatic carbocycles. The molecule has 0 aliphatic carbocycles. The van der Waals surface area contributed by atoms with Gasteiger partial charge >= 0.3 is 5.97 Å². The molecule has 0 unspecified atom stereocenters. The zero-order valence-corrected chi connectivity index (χ0v) is 10.8. The number of anilines is 1. The van der Waals surface area contributed by atoms with Crippen molar-refractivity contribution in [1.29, 1.82) is 0 Å². The molecule has 2 rings (SSSR count). The summed E-state index contributed by atoms with van der Waals surface area (Å²) in [6, 6.07) is 1.18. The summed E-state index contributed by atoms with van der Waals surface area (Å²) in [5.41, 5.74) is 0. The molecule has 104 valence electrons. The molecule has 1 aromatic rings. The highest BCUT2D eigenvalue weighted by Gasteiger charge is 2.30. The second-order valence-corrected chi connectivity index (χ2v) is 4.65. The van der Waals surface area contributed by atoms with E-state index in [0.29, 0.717) is 24.5 Å². The average Bonchev–Trinajstić information content (AvgIpc) is 2.95. The molecule has 1 aromatic heterocycles. The van der Waals surface area contributed by atoms with Gasteiger partial charge in [0.2, 0.25) is 5.91 Å². The number of carboxylic acid groups (broad SMARTS) is 1. The van der Waals surface area contributed by atoms with Gasteiger partial charge in [-0.15, -0.1) is 0 Å². The number of hydrogen-bond acceptors (Lipinski definition) is 5. The van der Waals surface area contributed by atoms with Crippen LogP contribution in [-0.2, 0) is 9.59 Å². The molecule has 2 heterocycles. The number of carbonyl (C=O) groups excluding carboxylic acids is 1. The van der Waals surface area contributed by atoms with Crippen LogP contribution in [0, 0.1) is 6.92 Å². The molecule has 1 fully saturated rings. The fourth-order valence-electron chi connectivity index (χ4n) is 2.25. The first kappa shape index (κ1) is 13.5. The third-order valence-electron chi connectivity index (χ3n) is 3.17. The Balaban J connectivity index is 1.78. The van der Waals surface area contributed by atoms with Crippen LogP contribution in [0.2, 0.25) is 0 Å². The molecule has 0 radical (unpaired) electrons. The van der Waals surface area contributed by atoms with Crippen molar-refractivity contribution in [2.24, 2.45) is 0 Å². The predicted octanol–water partition coefficient (Wildman–Crippen LogP) is 0.861. The van der Waals surface area contributed by atoms with Crippen LogP contribution >= 0.6 is 0 Å². The highest BCUT2D eigenvalue weighted by Crippen LogP contribution is 2.17. The largest absolute Gasteiger partial charge is 0.480 e. The number of amides is 1. The topological polar surface area (TPSA) is 95.7 Å². The normalized spacial score (nSPS) is 19.5. The zero-order chi connectivity index (χ0) is 13.8. The first-order chi connectivity index (χ1) is 9.06. The van der Waals surface area contributed by atoms with Gasteiger partial charge in [0.05, 0.1) is 0 Å². The second kappa shape index (κ2) is 5.83. The molecule has 7 heteroatoms. The van der Waals surface area contributed by atoms with E-state index in [1.54, 1.807) is 13.0 Å². The summed E-state index contributed by atoms with van der Waals surface area (Å²) < 4.78 is 4.84. The van der Waals surface area contributed by atoms with Crippen LogP contribution in [0.25, 0.3) is 0 Å². The molecule has 1 atom stereocenters. The van der Waals surface area contributed by atoms with Crippen molar-refractivity contribution in [2.45, 2.75) is 32.2 Å². The molecule has 1 aliphatic rings. The lowest BCUT2D eigenvalue weighted by atomic mass is 10.2. The van der Waals surface area contributed by atoms with Crippen molar-refractivity contribution in [2.75, 3.05) is 18.4 Å². The highest BCUT2D eigenvalue weighted by atomic mass is 16.5. The summed E-state index contributed by atoms with van der Waals surface area (Å²) in [5, 5.41) is 15.3. The Labute approximate surface area is 110 Å².